The Morgan fingerprint density at radius 3 is 2.61 bits per heavy atom. The van der Waals surface area contributed by atoms with Crippen LogP contribution in [0.2, 0.25) is 0 Å². The van der Waals surface area contributed by atoms with Crippen molar-refractivity contribution in [2.24, 2.45) is 5.92 Å². The second kappa shape index (κ2) is 9.04. The van der Waals surface area contributed by atoms with Crippen LogP contribution >= 0.6 is 11.3 Å². The van der Waals surface area contributed by atoms with E-state index >= 15 is 0 Å². The average molecular weight is 458 g/mol. The zero-order valence-corrected chi connectivity index (χ0v) is 18.3. The molecule has 0 aliphatic carbocycles. The van der Waals surface area contributed by atoms with Crippen molar-refractivity contribution >= 4 is 33.5 Å². The number of nitrogens with zero attached hydrogens (tertiary/aromatic N) is 4. The first-order chi connectivity index (χ1) is 14.6. The number of anilines is 1. The van der Waals surface area contributed by atoms with E-state index in [-0.39, 0.29) is 11.6 Å². The summed E-state index contributed by atoms with van der Waals surface area (Å²) in [6.07, 6.45) is -6.22. The van der Waals surface area contributed by atoms with Crippen molar-refractivity contribution in [1.82, 2.24) is 14.5 Å². The Morgan fingerprint density at radius 2 is 2.00 bits per heavy atom. The van der Waals surface area contributed by atoms with Crippen LogP contribution in [0.4, 0.5) is 5.82 Å². The smallest absolute Gasteiger partial charge is 0.335 e. The number of aliphatic hydroxyl groups excluding tert-OH is 3. The van der Waals surface area contributed by atoms with Crippen LogP contribution < -0.4 is 9.77 Å². The molecule has 2 aromatic rings. The van der Waals surface area contributed by atoms with Gasteiger partial charge in [0.25, 0.3) is 0 Å². The number of hydrogen-bond donors (Lipinski definition) is 4. The van der Waals surface area contributed by atoms with Gasteiger partial charge in [0.05, 0.1) is 0 Å². The Kier molecular flexibility index (Phi) is 6.81. The standard InChI is InChI=1S/C18H26N4O8S/c1-5-7(2)9(23)16(26)29-6-8-10(24)11(25)15(30-8)22-14-12(31-18(22)28)13(21(3)4)19-17(27)20-14/h7-11,15,23-25H,5-6H2,1-4H3,(H,19,20,27)/t7?,8-,9+,10-,11-,15-/m1/s1. The third-order valence-corrected chi connectivity index (χ3v) is 6.20. The number of rotatable bonds is 7. The van der Waals surface area contributed by atoms with Gasteiger partial charge in [-0.25, -0.2) is 4.79 Å². The zero-order valence-electron chi connectivity index (χ0n) is 17.5. The molecule has 13 heteroatoms. The Hall–Kier alpha value is -2.32. The lowest BCUT2D eigenvalue weighted by Gasteiger charge is -2.19. The number of fused-ring (bicyclic) bond motifs is 1. The highest BCUT2D eigenvalue weighted by Crippen LogP contribution is 2.34. The average Bonchev–Trinajstić information content (AvgIpc) is 3.19. The molecule has 3 rings (SSSR count). The van der Waals surface area contributed by atoms with Crippen LogP contribution in [-0.4, -0.2) is 86.0 Å². The molecule has 31 heavy (non-hydrogen) atoms. The molecular formula is C18H26N4O8S. The van der Waals surface area contributed by atoms with E-state index in [0.29, 0.717) is 16.9 Å². The van der Waals surface area contributed by atoms with E-state index in [4.69, 9.17) is 9.47 Å². The summed E-state index contributed by atoms with van der Waals surface area (Å²) in [7, 11) is 3.36. The molecule has 2 aromatic heterocycles. The van der Waals surface area contributed by atoms with Crippen LogP contribution in [0.5, 0.6) is 6.01 Å². The van der Waals surface area contributed by atoms with E-state index in [1.54, 1.807) is 25.9 Å². The molecule has 1 fully saturated rings. The Labute approximate surface area is 181 Å². The number of ether oxygens (including phenoxy) is 2. The summed E-state index contributed by atoms with van der Waals surface area (Å²) in [6.45, 7) is 3.08. The first kappa shape index (κ1) is 23.3. The van der Waals surface area contributed by atoms with Crippen molar-refractivity contribution in [3.05, 3.63) is 9.67 Å². The third kappa shape index (κ3) is 4.36. The number of thiazole rings is 1. The van der Waals surface area contributed by atoms with Gasteiger partial charge in [-0.2, -0.15) is 9.97 Å². The van der Waals surface area contributed by atoms with Crippen molar-refractivity contribution in [2.45, 2.75) is 50.9 Å². The molecule has 0 bridgehead atoms. The van der Waals surface area contributed by atoms with Gasteiger partial charge in [0.1, 0.15) is 29.6 Å². The molecule has 1 aliphatic heterocycles. The van der Waals surface area contributed by atoms with Crippen molar-refractivity contribution in [2.75, 3.05) is 25.6 Å². The molecule has 0 aromatic carbocycles. The van der Waals surface area contributed by atoms with Gasteiger partial charge < -0.3 is 34.8 Å². The monoisotopic (exact) mass is 458 g/mol. The van der Waals surface area contributed by atoms with E-state index in [1.165, 1.54) is 0 Å². The summed E-state index contributed by atoms with van der Waals surface area (Å²) in [6, 6.07) is -0.569. The second-order valence-corrected chi connectivity index (χ2v) is 8.60. The minimum absolute atomic E-state index is 0.0345. The summed E-state index contributed by atoms with van der Waals surface area (Å²) in [5, 5.41) is 40.7. The van der Waals surface area contributed by atoms with Crippen molar-refractivity contribution < 1.29 is 34.7 Å². The maximum atomic E-state index is 12.7. The number of hydrogen-bond acceptors (Lipinski definition) is 12. The molecule has 3 heterocycles. The van der Waals surface area contributed by atoms with Crippen LogP contribution in [0.15, 0.2) is 4.79 Å². The zero-order chi connectivity index (χ0) is 23.0. The molecule has 172 valence electrons. The lowest BCUT2D eigenvalue weighted by atomic mass is 10.0. The van der Waals surface area contributed by atoms with Crippen molar-refractivity contribution in [3.8, 4) is 6.01 Å². The fourth-order valence-corrected chi connectivity index (χ4v) is 4.22. The van der Waals surface area contributed by atoms with Gasteiger partial charge in [-0.1, -0.05) is 31.6 Å². The normalized spacial score (nSPS) is 25.5. The molecule has 4 N–H and O–H groups in total. The fraction of sp³-hybridized carbons (Fsp3) is 0.667. The van der Waals surface area contributed by atoms with Crippen molar-refractivity contribution in [3.63, 3.8) is 0 Å². The number of aromatic nitrogens is 3. The maximum Gasteiger partial charge on any atom is 0.335 e. The molecule has 12 nitrogen and oxygen atoms in total. The minimum Gasteiger partial charge on any atom is -0.479 e. The molecule has 0 amide bonds. The van der Waals surface area contributed by atoms with E-state index in [1.807, 2.05) is 6.92 Å². The number of aromatic hydroxyl groups is 1. The van der Waals surface area contributed by atoms with Crippen molar-refractivity contribution in [1.29, 1.82) is 0 Å². The highest BCUT2D eigenvalue weighted by atomic mass is 32.1. The SMILES string of the molecule is CCC(C)[C@H](O)C(=O)OC[C@H]1O[C@@H](n2c(=O)sc3c(N(C)C)nc(O)nc32)[C@H](O)[C@@H]1O. The largest absolute Gasteiger partial charge is 0.479 e. The molecular weight excluding hydrogens is 432 g/mol. The third-order valence-electron chi connectivity index (χ3n) is 5.26. The van der Waals surface area contributed by atoms with Crippen LogP contribution in [0, 0.1) is 5.92 Å². The highest BCUT2D eigenvalue weighted by molar-refractivity contribution is 7.17. The van der Waals surface area contributed by atoms with Gasteiger partial charge in [0.15, 0.2) is 23.8 Å². The number of carbonyl (C=O) groups excluding carboxylic acids is 1. The first-order valence-electron chi connectivity index (χ1n) is 9.72. The van der Waals surface area contributed by atoms with E-state index in [9.17, 15) is 30.0 Å². The summed E-state index contributed by atoms with van der Waals surface area (Å²) in [4.78, 5) is 33.5. The lowest BCUT2D eigenvalue weighted by Crippen LogP contribution is -2.37. The molecule has 1 saturated heterocycles. The lowest BCUT2D eigenvalue weighted by molar-refractivity contribution is -0.162. The topological polar surface area (TPSA) is 167 Å². The number of esters is 1. The van der Waals surface area contributed by atoms with E-state index in [2.05, 4.69) is 9.97 Å². The van der Waals surface area contributed by atoms with Crippen LogP contribution in [0.3, 0.4) is 0 Å². The van der Waals surface area contributed by atoms with Crippen LogP contribution in [0.1, 0.15) is 26.5 Å². The summed E-state index contributed by atoms with van der Waals surface area (Å²) in [5.74, 6) is -0.871. The Bertz CT molecular complexity index is 1010. The molecule has 0 saturated carbocycles. The van der Waals surface area contributed by atoms with Gasteiger partial charge >= 0.3 is 16.9 Å². The Balaban J connectivity index is 1.85. The molecule has 1 unspecified atom stereocenters. The highest BCUT2D eigenvalue weighted by Gasteiger charge is 2.46. The molecule has 0 spiro atoms. The summed E-state index contributed by atoms with van der Waals surface area (Å²) >= 11 is 0.800. The molecule has 1 aliphatic rings. The number of aliphatic hydroxyl groups is 3. The molecule has 6 atom stereocenters. The minimum atomic E-state index is -1.53. The van der Waals surface area contributed by atoms with Crippen LogP contribution in [0.25, 0.3) is 10.3 Å². The summed E-state index contributed by atoms with van der Waals surface area (Å²) in [5.41, 5.74) is 0.0345. The Morgan fingerprint density at radius 1 is 1.32 bits per heavy atom. The van der Waals surface area contributed by atoms with E-state index in [0.717, 1.165) is 15.9 Å². The fourth-order valence-electron chi connectivity index (χ4n) is 3.21. The first-order valence-corrected chi connectivity index (χ1v) is 10.5. The van der Waals surface area contributed by atoms with Gasteiger partial charge in [-0.15, -0.1) is 0 Å². The van der Waals surface area contributed by atoms with Gasteiger partial charge in [0, 0.05) is 14.1 Å². The molecule has 0 radical (unpaired) electrons. The van der Waals surface area contributed by atoms with Gasteiger partial charge in [0.2, 0.25) is 0 Å². The predicted octanol–water partition coefficient (Wildman–Crippen LogP) is -0.806. The maximum absolute atomic E-state index is 12.7. The number of carbonyl (C=O) groups is 1. The van der Waals surface area contributed by atoms with Gasteiger partial charge in [-0.05, 0) is 5.92 Å². The van der Waals surface area contributed by atoms with Crippen LogP contribution in [-0.2, 0) is 14.3 Å². The summed E-state index contributed by atoms with van der Waals surface area (Å²) < 4.78 is 12.1. The predicted molar refractivity (Wildman–Crippen MR) is 110 cm³/mol. The second-order valence-electron chi connectivity index (χ2n) is 7.64. The van der Waals surface area contributed by atoms with Gasteiger partial charge in [-0.3, -0.25) is 9.36 Å². The quantitative estimate of drug-likeness (QED) is 0.383. The van der Waals surface area contributed by atoms with E-state index < -0.39 is 54.1 Å².